The van der Waals surface area contributed by atoms with E-state index < -0.39 is 0 Å². The number of aryl methyl sites for hydroxylation is 2. The van der Waals surface area contributed by atoms with Gasteiger partial charge in [-0.05, 0) is 37.8 Å². The second kappa shape index (κ2) is 5.28. The van der Waals surface area contributed by atoms with E-state index in [-0.39, 0.29) is 5.56 Å². The Hall–Kier alpha value is -1.82. The molecule has 5 nitrogen and oxygen atoms in total. The van der Waals surface area contributed by atoms with Crippen molar-refractivity contribution in [3.63, 3.8) is 0 Å². The molecule has 20 heavy (non-hydrogen) atoms. The lowest BCUT2D eigenvalue weighted by Gasteiger charge is -2.08. The molecular formula is C14H16N4OS. The summed E-state index contributed by atoms with van der Waals surface area (Å²) in [5, 5.41) is 0.665. The number of hydrogen-bond acceptors (Lipinski definition) is 5. The fourth-order valence-electron chi connectivity index (χ4n) is 2.43. The average Bonchev–Trinajstić information content (AvgIpc) is 2.87. The molecule has 3 rings (SSSR count). The smallest absolute Gasteiger partial charge is 0.254 e. The fourth-order valence-corrected chi connectivity index (χ4v) is 3.42. The van der Waals surface area contributed by atoms with Gasteiger partial charge < -0.3 is 10.7 Å². The van der Waals surface area contributed by atoms with Gasteiger partial charge in [0.1, 0.15) is 5.82 Å². The second-order valence-electron chi connectivity index (χ2n) is 4.93. The second-order valence-corrected chi connectivity index (χ2v) is 5.89. The Balaban J connectivity index is 1.83. The highest BCUT2D eigenvalue weighted by molar-refractivity contribution is 7.98. The first-order valence-corrected chi connectivity index (χ1v) is 7.58. The normalized spacial score (nSPS) is 13.4. The van der Waals surface area contributed by atoms with Crippen LogP contribution >= 0.6 is 11.8 Å². The van der Waals surface area contributed by atoms with E-state index in [9.17, 15) is 4.79 Å². The van der Waals surface area contributed by atoms with Gasteiger partial charge in [-0.2, -0.15) is 0 Å². The molecule has 0 aliphatic heterocycles. The summed E-state index contributed by atoms with van der Waals surface area (Å²) in [5.41, 5.74) is 9.80. The Labute approximate surface area is 121 Å². The Morgan fingerprint density at radius 2 is 2.30 bits per heavy atom. The maximum atomic E-state index is 11.9. The minimum Gasteiger partial charge on any atom is -0.383 e. The molecular weight excluding hydrogens is 272 g/mol. The molecule has 0 atom stereocenters. The summed E-state index contributed by atoms with van der Waals surface area (Å²) < 4.78 is 0. The third-order valence-electron chi connectivity index (χ3n) is 3.60. The van der Waals surface area contributed by atoms with Gasteiger partial charge in [0.15, 0.2) is 5.16 Å². The lowest BCUT2D eigenvalue weighted by Crippen LogP contribution is -2.15. The van der Waals surface area contributed by atoms with Crippen LogP contribution in [0.25, 0.3) is 0 Å². The third kappa shape index (κ3) is 2.43. The van der Waals surface area contributed by atoms with Crippen molar-refractivity contribution in [2.45, 2.75) is 37.1 Å². The largest absolute Gasteiger partial charge is 0.383 e. The van der Waals surface area contributed by atoms with Crippen LogP contribution in [0.4, 0.5) is 5.82 Å². The molecule has 2 aromatic rings. The molecule has 1 aliphatic rings. The van der Waals surface area contributed by atoms with E-state index in [2.05, 4.69) is 15.0 Å². The molecule has 1 aliphatic carbocycles. The van der Waals surface area contributed by atoms with Gasteiger partial charge in [0.05, 0.1) is 5.69 Å². The number of aromatic amines is 1. The number of aromatic nitrogens is 3. The Bertz CT molecular complexity index is 691. The van der Waals surface area contributed by atoms with Crippen LogP contribution < -0.4 is 11.3 Å². The number of nitrogens with two attached hydrogens (primary N) is 1. The molecule has 2 heterocycles. The monoisotopic (exact) mass is 288 g/mol. The van der Waals surface area contributed by atoms with E-state index in [1.807, 2.05) is 13.0 Å². The van der Waals surface area contributed by atoms with Crippen molar-refractivity contribution in [1.29, 1.82) is 0 Å². The van der Waals surface area contributed by atoms with Crippen LogP contribution in [0.5, 0.6) is 0 Å². The zero-order chi connectivity index (χ0) is 14.1. The van der Waals surface area contributed by atoms with Gasteiger partial charge in [-0.1, -0.05) is 11.8 Å². The molecule has 0 saturated carbocycles. The van der Waals surface area contributed by atoms with Crippen molar-refractivity contribution < 1.29 is 0 Å². The minimum absolute atomic E-state index is 0.00544. The summed E-state index contributed by atoms with van der Waals surface area (Å²) in [4.78, 5) is 23.4. The maximum Gasteiger partial charge on any atom is 0.254 e. The Morgan fingerprint density at radius 1 is 1.45 bits per heavy atom. The predicted octanol–water partition coefficient (Wildman–Crippen LogP) is 1.84. The number of nitrogens with one attached hydrogen (secondary N) is 1. The highest BCUT2D eigenvalue weighted by Gasteiger charge is 2.17. The minimum atomic E-state index is 0.00544. The summed E-state index contributed by atoms with van der Waals surface area (Å²) in [7, 11) is 0. The first-order chi connectivity index (χ1) is 9.65. The predicted molar refractivity (Wildman–Crippen MR) is 79.8 cm³/mol. The topological polar surface area (TPSA) is 84.7 Å². The van der Waals surface area contributed by atoms with E-state index in [4.69, 9.17) is 5.73 Å². The van der Waals surface area contributed by atoms with E-state index in [0.29, 0.717) is 16.7 Å². The highest BCUT2D eigenvalue weighted by atomic mass is 32.2. The Morgan fingerprint density at radius 3 is 3.10 bits per heavy atom. The van der Waals surface area contributed by atoms with Crippen molar-refractivity contribution in [2.24, 2.45) is 0 Å². The van der Waals surface area contributed by atoms with Gasteiger partial charge >= 0.3 is 0 Å². The summed E-state index contributed by atoms with van der Waals surface area (Å²) in [5.74, 6) is 1.20. The maximum absolute atomic E-state index is 11.9. The zero-order valence-corrected chi connectivity index (χ0v) is 12.1. The first kappa shape index (κ1) is 13.2. The van der Waals surface area contributed by atoms with Gasteiger partial charge in [-0.3, -0.25) is 4.79 Å². The van der Waals surface area contributed by atoms with Crippen molar-refractivity contribution in [2.75, 3.05) is 5.73 Å². The number of pyridine rings is 1. The molecule has 2 aromatic heterocycles. The molecule has 0 amide bonds. The Kier molecular flexibility index (Phi) is 3.48. The van der Waals surface area contributed by atoms with Crippen LogP contribution in [0.15, 0.2) is 22.2 Å². The lowest BCUT2D eigenvalue weighted by atomic mass is 10.2. The van der Waals surface area contributed by atoms with Crippen LogP contribution in [0, 0.1) is 6.92 Å². The van der Waals surface area contributed by atoms with Crippen LogP contribution in [0.2, 0.25) is 0 Å². The zero-order valence-electron chi connectivity index (χ0n) is 11.3. The van der Waals surface area contributed by atoms with Gasteiger partial charge in [0, 0.05) is 23.1 Å². The fraction of sp³-hybridized carbons (Fsp3) is 0.357. The van der Waals surface area contributed by atoms with Crippen molar-refractivity contribution in [3.8, 4) is 0 Å². The molecule has 0 saturated heterocycles. The number of H-pyrrole nitrogens is 1. The first-order valence-electron chi connectivity index (χ1n) is 6.60. The number of thioether (sulfide) groups is 1. The highest BCUT2D eigenvalue weighted by Crippen LogP contribution is 2.25. The van der Waals surface area contributed by atoms with Crippen LogP contribution in [0.3, 0.4) is 0 Å². The van der Waals surface area contributed by atoms with E-state index in [1.54, 1.807) is 6.20 Å². The SMILES string of the molecule is Cc1ccnc(N)c1CSc1nc2c(c(=O)[nH]1)CCC2. The molecule has 6 heteroatoms. The number of nitrogen functional groups attached to an aromatic ring is 1. The van der Waals surface area contributed by atoms with Gasteiger partial charge in [-0.25, -0.2) is 9.97 Å². The molecule has 104 valence electrons. The number of rotatable bonds is 3. The van der Waals surface area contributed by atoms with E-state index >= 15 is 0 Å². The van der Waals surface area contributed by atoms with Crippen LogP contribution in [-0.2, 0) is 18.6 Å². The molecule has 3 N–H and O–H groups in total. The number of hydrogen-bond donors (Lipinski definition) is 2. The number of anilines is 1. The lowest BCUT2D eigenvalue weighted by molar-refractivity contribution is 0.869. The molecule has 0 bridgehead atoms. The number of nitrogens with zero attached hydrogens (tertiary/aromatic N) is 2. The summed E-state index contributed by atoms with van der Waals surface area (Å²) in [6.45, 7) is 2.01. The molecule has 0 unspecified atom stereocenters. The van der Waals surface area contributed by atoms with Crippen molar-refractivity contribution >= 4 is 17.6 Å². The third-order valence-corrected chi connectivity index (χ3v) is 4.50. The standard InChI is InChI=1S/C14H16N4OS/c1-8-5-6-16-12(15)10(8)7-20-14-17-11-4-2-3-9(11)13(19)18-14/h5-6H,2-4,7H2,1H3,(H2,15,16)(H,17,18,19). The molecule has 0 aromatic carbocycles. The van der Waals surface area contributed by atoms with Crippen molar-refractivity contribution in [1.82, 2.24) is 15.0 Å². The summed E-state index contributed by atoms with van der Waals surface area (Å²) in [6, 6.07) is 1.94. The van der Waals surface area contributed by atoms with E-state index in [1.165, 1.54) is 11.8 Å². The van der Waals surface area contributed by atoms with Crippen LogP contribution in [0.1, 0.15) is 28.8 Å². The quantitative estimate of drug-likeness (QED) is 0.665. The van der Waals surface area contributed by atoms with Gasteiger partial charge in [-0.15, -0.1) is 0 Å². The molecule has 0 fully saturated rings. The molecule has 0 spiro atoms. The molecule has 0 radical (unpaired) electrons. The van der Waals surface area contributed by atoms with Gasteiger partial charge in [0.2, 0.25) is 0 Å². The number of fused-ring (bicyclic) bond motifs is 1. The van der Waals surface area contributed by atoms with E-state index in [0.717, 1.165) is 41.6 Å². The summed E-state index contributed by atoms with van der Waals surface area (Å²) >= 11 is 1.50. The van der Waals surface area contributed by atoms with Gasteiger partial charge in [0.25, 0.3) is 5.56 Å². The summed E-state index contributed by atoms with van der Waals surface area (Å²) in [6.07, 6.45) is 4.47. The average molecular weight is 288 g/mol. The van der Waals surface area contributed by atoms with Crippen LogP contribution in [-0.4, -0.2) is 15.0 Å². The van der Waals surface area contributed by atoms with Crippen molar-refractivity contribution in [3.05, 3.63) is 45.0 Å².